The zero-order chi connectivity index (χ0) is 18.0. The second-order valence-corrected chi connectivity index (χ2v) is 5.84. The van der Waals surface area contributed by atoms with Crippen LogP contribution in [0.3, 0.4) is 0 Å². The number of methoxy groups -OCH3 is 1. The van der Waals surface area contributed by atoms with Crippen molar-refractivity contribution in [1.82, 2.24) is 5.32 Å². The number of amidine groups is 1. The molecule has 140 valence electrons. The lowest BCUT2D eigenvalue weighted by Gasteiger charge is -2.40. The van der Waals surface area contributed by atoms with Crippen LogP contribution in [-0.2, 0) is 9.47 Å². The predicted octanol–water partition coefficient (Wildman–Crippen LogP) is -5.11. The molecule has 0 saturated carbocycles. The Bertz CT molecular complexity index is 447. The molecule has 0 amide bonds. The van der Waals surface area contributed by atoms with Gasteiger partial charge in [0.15, 0.2) is 6.29 Å². The largest absolute Gasteiger partial charge is 0.394 e. The van der Waals surface area contributed by atoms with Gasteiger partial charge in [0.2, 0.25) is 0 Å². The molecule has 0 aliphatic carbocycles. The van der Waals surface area contributed by atoms with Gasteiger partial charge in [-0.2, -0.15) is 0 Å². The van der Waals surface area contributed by atoms with Crippen LogP contribution >= 0.6 is 0 Å². The van der Waals surface area contributed by atoms with Gasteiger partial charge in [-0.1, -0.05) is 0 Å². The van der Waals surface area contributed by atoms with E-state index < -0.39 is 61.7 Å². The third kappa shape index (κ3) is 3.69. The number of hydrogen-bond acceptors (Lipinski definition) is 10. The van der Waals surface area contributed by atoms with Gasteiger partial charge in [0, 0.05) is 7.11 Å². The van der Waals surface area contributed by atoms with Crippen LogP contribution in [0.2, 0.25) is 0 Å². The Morgan fingerprint density at radius 2 is 1.67 bits per heavy atom. The van der Waals surface area contributed by atoms with Gasteiger partial charge in [-0.3, -0.25) is 4.99 Å². The fourth-order valence-electron chi connectivity index (χ4n) is 2.69. The van der Waals surface area contributed by atoms with Crippen molar-refractivity contribution in [2.45, 2.75) is 55.1 Å². The standard InChI is InChI=1S/C13H24N2O9/c1-23-13-11(22)9(20)7(18)5(24-13)2-14-12-10(21)8(19)6(17)4(3-16)15-12/h4-11,13,16-22H,2-3H2,1H3,(H,14,15)/t4-,5-,6-,7-,8+,9+,10+,11+,13+/m1/s1. The number of hydrogen-bond donors (Lipinski definition) is 8. The summed E-state index contributed by atoms with van der Waals surface area (Å²) in [5.74, 6) is -0.0998. The molecule has 11 nitrogen and oxygen atoms in total. The van der Waals surface area contributed by atoms with E-state index in [1.54, 1.807) is 0 Å². The van der Waals surface area contributed by atoms with Crippen molar-refractivity contribution < 1.29 is 45.2 Å². The van der Waals surface area contributed by atoms with Crippen molar-refractivity contribution >= 4 is 5.84 Å². The van der Waals surface area contributed by atoms with Crippen LogP contribution in [0, 0.1) is 0 Å². The van der Waals surface area contributed by atoms with Gasteiger partial charge < -0.3 is 50.5 Å². The van der Waals surface area contributed by atoms with E-state index in [0.717, 1.165) is 0 Å². The SMILES string of the molecule is CO[C@H]1O[C@H](CN=C2N[C@H](CO)[C@@H](O)[C@H](O)[C@@H]2O)[C@@H](O)[C@H](O)[C@@H]1O. The molecule has 0 bridgehead atoms. The Kier molecular flexibility index (Phi) is 6.47. The third-order valence-electron chi connectivity index (χ3n) is 4.24. The minimum absolute atomic E-state index is 0.0998. The molecule has 0 radical (unpaired) electrons. The van der Waals surface area contributed by atoms with Crippen LogP contribution in [0.15, 0.2) is 4.99 Å². The average Bonchev–Trinajstić information content (AvgIpc) is 2.58. The molecule has 24 heavy (non-hydrogen) atoms. The second kappa shape index (κ2) is 7.99. The number of aliphatic imine (C=N–C) groups is 1. The summed E-state index contributed by atoms with van der Waals surface area (Å²) in [6.45, 7) is -0.728. The van der Waals surface area contributed by atoms with E-state index in [2.05, 4.69) is 10.3 Å². The fourth-order valence-corrected chi connectivity index (χ4v) is 2.69. The Morgan fingerprint density at radius 1 is 1.00 bits per heavy atom. The highest BCUT2D eigenvalue weighted by molar-refractivity contribution is 5.88. The Hall–Kier alpha value is -0.890. The van der Waals surface area contributed by atoms with E-state index in [1.807, 2.05) is 0 Å². The van der Waals surface area contributed by atoms with E-state index in [9.17, 15) is 30.6 Å². The fraction of sp³-hybridized carbons (Fsp3) is 0.923. The van der Waals surface area contributed by atoms with E-state index >= 15 is 0 Å². The van der Waals surface area contributed by atoms with Crippen molar-refractivity contribution in [2.75, 3.05) is 20.3 Å². The average molecular weight is 352 g/mol. The molecule has 2 saturated heterocycles. The molecule has 0 unspecified atom stereocenters. The van der Waals surface area contributed by atoms with Gasteiger partial charge in [-0.15, -0.1) is 0 Å². The highest BCUT2D eigenvalue weighted by Crippen LogP contribution is 2.22. The van der Waals surface area contributed by atoms with Crippen molar-refractivity contribution in [3.63, 3.8) is 0 Å². The minimum atomic E-state index is -1.54. The third-order valence-corrected chi connectivity index (χ3v) is 4.24. The monoisotopic (exact) mass is 352 g/mol. The quantitative estimate of drug-likeness (QED) is 0.243. The molecule has 0 aromatic rings. The summed E-state index contributed by atoms with van der Waals surface area (Å²) < 4.78 is 10.2. The number of aliphatic hydroxyl groups excluding tert-OH is 7. The molecule has 2 fully saturated rings. The summed E-state index contributed by atoms with van der Waals surface area (Å²) in [5, 5.41) is 70.5. The normalized spacial score (nSPS) is 48.3. The first-order valence-electron chi connectivity index (χ1n) is 7.50. The van der Waals surface area contributed by atoms with E-state index in [0.29, 0.717) is 0 Å². The number of ether oxygens (including phenoxy) is 2. The maximum absolute atomic E-state index is 9.94. The molecule has 0 spiro atoms. The Morgan fingerprint density at radius 3 is 2.25 bits per heavy atom. The maximum atomic E-state index is 9.94. The van der Waals surface area contributed by atoms with Crippen LogP contribution in [0.25, 0.3) is 0 Å². The smallest absolute Gasteiger partial charge is 0.186 e. The van der Waals surface area contributed by atoms with Crippen molar-refractivity contribution in [1.29, 1.82) is 0 Å². The zero-order valence-corrected chi connectivity index (χ0v) is 13.0. The van der Waals surface area contributed by atoms with E-state index in [4.69, 9.17) is 14.6 Å². The molecule has 9 atom stereocenters. The summed E-state index contributed by atoms with van der Waals surface area (Å²) in [6.07, 6.45) is -11.0. The molecule has 0 aromatic heterocycles. The first-order chi connectivity index (χ1) is 11.3. The van der Waals surface area contributed by atoms with Gasteiger partial charge in [0.25, 0.3) is 0 Å². The van der Waals surface area contributed by atoms with Crippen molar-refractivity contribution in [2.24, 2.45) is 4.99 Å². The first kappa shape index (κ1) is 19.4. The lowest BCUT2D eigenvalue weighted by Crippen LogP contribution is -2.64. The maximum Gasteiger partial charge on any atom is 0.186 e. The van der Waals surface area contributed by atoms with Crippen molar-refractivity contribution in [3.05, 3.63) is 0 Å². The van der Waals surface area contributed by atoms with Crippen LogP contribution in [-0.4, -0.2) is 117 Å². The number of rotatable bonds is 4. The molecular formula is C13H24N2O9. The molecule has 0 aromatic carbocycles. The number of aliphatic hydroxyl groups is 7. The summed E-state index contributed by atoms with van der Waals surface area (Å²) in [4.78, 5) is 3.99. The molecule has 2 heterocycles. The molecule has 2 aliphatic rings. The van der Waals surface area contributed by atoms with Gasteiger partial charge in [-0.05, 0) is 0 Å². The molecule has 2 aliphatic heterocycles. The molecule has 11 heteroatoms. The lowest BCUT2D eigenvalue weighted by molar-refractivity contribution is -0.287. The van der Waals surface area contributed by atoms with Gasteiger partial charge in [-0.25, -0.2) is 0 Å². The Balaban J connectivity index is 2.08. The number of nitrogens with one attached hydrogen (secondary N) is 1. The molecular weight excluding hydrogens is 328 g/mol. The van der Waals surface area contributed by atoms with Crippen LogP contribution < -0.4 is 5.32 Å². The highest BCUT2D eigenvalue weighted by Gasteiger charge is 2.44. The van der Waals surface area contributed by atoms with Gasteiger partial charge in [0.1, 0.15) is 48.6 Å². The Labute approximate surface area is 137 Å². The second-order valence-electron chi connectivity index (χ2n) is 5.84. The number of piperidine rings is 1. The minimum Gasteiger partial charge on any atom is -0.394 e. The summed E-state index contributed by atoms with van der Waals surface area (Å²) >= 11 is 0. The molecule has 2 rings (SSSR count). The van der Waals surface area contributed by atoms with Gasteiger partial charge in [0.05, 0.1) is 19.2 Å². The summed E-state index contributed by atoms with van der Waals surface area (Å²) in [6, 6.07) is -0.918. The lowest BCUT2D eigenvalue weighted by atomic mass is 9.95. The highest BCUT2D eigenvalue weighted by atomic mass is 16.7. The first-order valence-corrected chi connectivity index (χ1v) is 7.50. The molecule has 8 N–H and O–H groups in total. The van der Waals surface area contributed by atoms with Crippen LogP contribution in [0.4, 0.5) is 0 Å². The van der Waals surface area contributed by atoms with E-state index in [-0.39, 0.29) is 12.4 Å². The van der Waals surface area contributed by atoms with E-state index in [1.165, 1.54) is 7.11 Å². The zero-order valence-electron chi connectivity index (χ0n) is 13.0. The predicted molar refractivity (Wildman–Crippen MR) is 78.0 cm³/mol. The van der Waals surface area contributed by atoms with Crippen LogP contribution in [0.5, 0.6) is 0 Å². The summed E-state index contributed by atoms with van der Waals surface area (Å²) in [5.41, 5.74) is 0. The van der Waals surface area contributed by atoms with Crippen LogP contribution in [0.1, 0.15) is 0 Å². The summed E-state index contributed by atoms with van der Waals surface area (Å²) in [7, 11) is 1.26. The van der Waals surface area contributed by atoms with Gasteiger partial charge >= 0.3 is 0 Å². The number of nitrogens with zero attached hydrogens (tertiary/aromatic N) is 1. The van der Waals surface area contributed by atoms with Crippen molar-refractivity contribution in [3.8, 4) is 0 Å². The topological polar surface area (TPSA) is 184 Å².